The lowest BCUT2D eigenvalue weighted by Gasteiger charge is -2.53. The van der Waals surface area contributed by atoms with Gasteiger partial charge in [0.1, 0.15) is 0 Å². The number of hydrogen-bond acceptors (Lipinski definition) is 4. The third kappa shape index (κ3) is 4.27. The van der Waals surface area contributed by atoms with Gasteiger partial charge in [0.2, 0.25) is 0 Å². The minimum atomic E-state index is -1.78. The van der Waals surface area contributed by atoms with Gasteiger partial charge >= 0.3 is 0 Å². The highest BCUT2D eigenvalue weighted by molar-refractivity contribution is 6.71. The van der Waals surface area contributed by atoms with Gasteiger partial charge in [0.15, 0.2) is 0 Å². The molecule has 0 aromatic rings. The van der Waals surface area contributed by atoms with Crippen LogP contribution in [0.1, 0.15) is 48.0 Å². The highest BCUT2D eigenvalue weighted by Gasteiger charge is 2.47. The summed E-state index contributed by atoms with van der Waals surface area (Å²) in [6.07, 6.45) is 1.13. The van der Waals surface area contributed by atoms with Crippen LogP contribution in [0.4, 0.5) is 0 Å². The lowest BCUT2D eigenvalue weighted by Crippen LogP contribution is -2.75. The Balaban J connectivity index is 5.70. The Bertz CT molecular complexity index is 195. The van der Waals surface area contributed by atoms with E-state index in [-0.39, 0.29) is 0 Å². The summed E-state index contributed by atoms with van der Waals surface area (Å²) in [5.74, 6) is 0. The van der Waals surface area contributed by atoms with E-state index in [9.17, 15) is 0 Å². The van der Waals surface area contributed by atoms with Crippen LogP contribution >= 0.6 is 0 Å². The van der Waals surface area contributed by atoms with Crippen molar-refractivity contribution in [3.8, 4) is 0 Å². The molecule has 0 radical (unpaired) electrons. The first-order valence-corrected chi connectivity index (χ1v) is 10.6. The number of nitrogens with two attached hydrogens (primary N) is 1. The molecule has 0 unspecified atom stereocenters. The summed E-state index contributed by atoms with van der Waals surface area (Å²) in [4.78, 5) is 0. The third-order valence-corrected chi connectivity index (χ3v) is 10.5. The largest absolute Gasteiger partial charge is 0.330 e. The van der Waals surface area contributed by atoms with E-state index in [1.807, 2.05) is 0 Å². The van der Waals surface area contributed by atoms with Crippen LogP contribution in [0.25, 0.3) is 0 Å². The van der Waals surface area contributed by atoms with Crippen molar-refractivity contribution in [1.82, 2.24) is 13.7 Å². The van der Waals surface area contributed by atoms with Gasteiger partial charge in [-0.15, -0.1) is 0 Å². The predicted octanol–water partition coefficient (Wildman–Crippen LogP) is 2.30. The monoisotopic (exact) mass is 302 g/mol. The zero-order valence-electron chi connectivity index (χ0n) is 14.8. The van der Waals surface area contributed by atoms with Gasteiger partial charge in [0.05, 0.1) is 0 Å². The van der Waals surface area contributed by atoms with Crippen molar-refractivity contribution in [3.63, 3.8) is 0 Å². The molecule has 0 aromatic heterocycles. The van der Waals surface area contributed by atoms with E-state index >= 15 is 0 Å². The van der Waals surface area contributed by atoms with Crippen molar-refractivity contribution in [2.75, 3.05) is 45.8 Å². The fourth-order valence-corrected chi connectivity index (χ4v) is 9.47. The van der Waals surface area contributed by atoms with Crippen LogP contribution in [-0.4, -0.2) is 68.1 Å². The Labute approximate surface area is 128 Å². The van der Waals surface area contributed by atoms with E-state index in [1.54, 1.807) is 0 Å². The Morgan fingerprint density at radius 1 is 0.650 bits per heavy atom. The fourth-order valence-electron chi connectivity index (χ4n) is 3.60. The van der Waals surface area contributed by atoms with E-state index in [1.165, 1.54) is 6.04 Å². The van der Waals surface area contributed by atoms with Crippen LogP contribution in [0, 0.1) is 0 Å². The highest BCUT2D eigenvalue weighted by atomic mass is 28.4. The molecule has 122 valence electrons. The summed E-state index contributed by atoms with van der Waals surface area (Å²) in [5.41, 5.74) is 5.85. The summed E-state index contributed by atoms with van der Waals surface area (Å²) >= 11 is 0. The van der Waals surface area contributed by atoms with Crippen LogP contribution in [0.5, 0.6) is 0 Å². The van der Waals surface area contributed by atoms with Crippen LogP contribution in [0.3, 0.4) is 0 Å². The minimum Gasteiger partial charge on any atom is -0.330 e. The molecule has 0 saturated carbocycles. The SMILES string of the molecule is CCN(CC)[Si](CCCN)(N(CC)CC)N(CC)CC. The molecule has 0 aliphatic rings. The molecule has 0 atom stereocenters. The van der Waals surface area contributed by atoms with Gasteiger partial charge in [0.25, 0.3) is 8.56 Å². The van der Waals surface area contributed by atoms with Gasteiger partial charge in [-0.1, -0.05) is 41.5 Å². The fraction of sp³-hybridized carbons (Fsp3) is 1.00. The van der Waals surface area contributed by atoms with Crippen LogP contribution in [-0.2, 0) is 0 Å². The van der Waals surface area contributed by atoms with E-state index < -0.39 is 8.56 Å². The second kappa shape index (κ2) is 10.7. The topological polar surface area (TPSA) is 35.7 Å². The molecule has 4 nitrogen and oxygen atoms in total. The molecule has 0 fully saturated rings. The number of hydrogen-bond donors (Lipinski definition) is 1. The molecule has 0 saturated heterocycles. The quantitative estimate of drug-likeness (QED) is 0.561. The van der Waals surface area contributed by atoms with E-state index in [0.717, 1.165) is 52.2 Å². The molecule has 0 rings (SSSR count). The predicted molar refractivity (Wildman–Crippen MR) is 93.0 cm³/mol. The second-order valence-electron chi connectivity index (χ2n) is 5.18. The maximum atomic E-state index is 5.85. The molecule has 0 aliphatic heterocycles. The molecule has 0 amide bonds. The first kappa shape index (κ1) is 20.1. The average Bonchev–Trinajstić information content (AvgIpc) is 2.48. The zero-order valence-corrected chi connectivity index (χ0v) is 15.8. The lowest BCUT2D eigenvalue weighted by molar-refractivity contribution is 0.259. The summed E-state index contributed by atoms with van der Waals surface area (Å²) in [6.45, 7) is 21.5. The normalized spacial score (nSPS) is 12.9. The maximum Gasteiger partial charge on any atom is 0.289 e. The van der Waals surface area contributed by atoms with Crippen LogP contribution in [0.15, 0.2) is 0 Å². The first-order valence-electron chi connectivity index (χ1n) is 8.57. The average molecular weight is 303 g/mol. The summed E-state index contributed by atoms with van der Waals surface area (Å²) in [7, 11) is -1.78. The van der Waals surface area contributed by atoms with Gasteiger partial charge in [-0.25, -0.2) is 0 Å². The van der Waals surface area contributed by atoms with Crippen molar-refractivity contribution >= 4 is 8.56 Å². The molecule has 0 heterocycles. The van der Waals surface area contributed by atoms with Gasteiger partial charge in [0, 0.05) is 0 Å². The summed E-state index contributed by atoms with van der Waals surface area (Å²) in [5, 5.41) is 0. The molecule has 0 spiro atoms. The molecule has 0 bridgehead atoms. The van der Waals surface area contributed by atoms with E-state index in [2.05, 4.69) is 55.2 Å². The first-order chi connectivity index (χ1) is 9.62. The minimum absolute atomic E-state index is 0.804. The Morgan fingerprint density at radius 3 is 1.15 bits per heavy atom. The Morgan fingerprint density at radius 2 is 0.950 bits per heavy atom. The molecular formula is C15H38N4Si. The Kier molecular flexibility index (Phi) is 10.8. The molecule has 5 heteroatoms. The van der Waals surface area contributed by atoms with Crippen molar-refractivity contribution in [1.29, 1.82) is 0 Å². The van der Waals surface area contributed by atoms with Gasteiger partial charge in [-0.2, -0.15) is 0 Å². The second-order valence-corrected chi connectivity index (χ2v) is 9.13. The number of nitrogens with zero attached hydrogens (tertiary/aromatic N) is 3. The molecule has 0 aromatic carbocycles. The standard InChI is InChI=1S/C15H38N4Si/c1-7-17(8-2)20(15-13-14-16,18(9-3)10-4)19(11-5)12-6/h7-16H2,1-6H3. The van der Waals surface area contributed by atoms with Crippen molar-refractivity contribution in [3.05, 3.63) is 0 Å². The third-order valence-electron chi connectivity index (χ3n) is 4.53. The van der Waals surface area contributed by atoms with Crippen molar-refractivity contribution in [2.24, 2.45) is 5.73 Å². The smallest absolute Gasteiger partial charge is 0.289 e. The summed E-state index contributed by atoms with van der Waals surface area (Å²) in [6, 6.07) is 1.26. The van der Waals surface area contributed by atoms with Crippen molar-refractivity contribution in [2.45, 2.75) is 54.0 Å². The van der Waals surface area contributed by atoms with Crippen LogP contribution < -0.4 is 5.73 Å². The van der Waals surface area contributed by atoms with Crippen LogP contribution in [0.2, 0.25) is 6.04 Å². The highest BCUT2D eigenvalue weighted by Crippen LogP contribution is 2.26. The number of rotatable bonds is 12. The van der Waals surface area contributed by atoms with Gasteiger partial charge in [-0.05, 0) is 58.3 Å². The molecule has 2 N–H and O–H groups in total. The van der Waals surface area contributed by atoms with Gasteiger partial charge in [-0.3, -0.25) is 13.7 Å². The van der Waals surface area contributed by atoms with E-state index in [0.29, 0.717) is 0 Å². The molecule has 0 aliphatic carbocycles. The summed E-state index contributed by atoms with van der Waals surface area (Å²) < 4.78 is 8.26. The lowest BCUT2D eigenvalue weighted by atomic mass is 10.5. The van der Waals surface area contributed by atoms with E-state index in [4.69, 9.17) is 5.73 Å². The zero-order chi connectivity index (χ0) is 15.6. The Hall–Kier alpha value is 0.0569. The van der Waals surface area contributed by atoms with Crippen molar-refractivity contribution < 1.29 is 0 Å². The molecule has 20 heavy (non-hydrogen) atoms. The molecular weight excluding hydrogens is 264 g/mol. The maximum absolute atomic E-state index is 5.85. The van der Waals surface area contributed by atoms with Gasteiger partial charge < -0.3 is 5.73 Å².